The van der Waals surface area contributed by atoms with E-state index >= 15 is 0 Å². The zero-order chi connectivity index (χ0) is 16.0. The summed E-state index contributed by atoms with van der Waals surface area (Å²) in [5.41, 5.74) is 0.575. The fourth-order valence-electron chi connectivity index (χ4n) is 1.49. The number of ether oxygens (including phenoxy) is 2. The molecule has 1 rings (SSSR count). The van der Waals surface area contributed by atoms with Gasteiger partial charge >= 0.3 is 5.97 Å². The van der Waals surface area contributed by atoms with Crippen molar-refractivity contribution in [2.24, 2.45) is 0 Å². The zero-order valence-corrected chi connectivity index (χ0v) is 13.8. The lowest BCUT2D eigenvalue weighted by atomic mass is 10.3. The lowest BCUT2D eigenvalue weighted by molar-refractivity contribution is -0.139. The summed E-state index contributed by atoms with van der Waals surface area (Å²) in [5, 5.41) is 5.29. The molecule has 0 aliphatic heterocycles. The molecule has 0 bridgehead atoms. The Balaban J connectivity index is 2.81. The minimum absolute atomic E-state index is 0.0239. The van der Waals surface area contributed by atoms with Crippen LogP contribution in [-0.2, 0) is 25.5 Å². The van der Waals surface area contributed by atoms with Crippen molar-refractivity contribution in [2.75, 3.05) is 32.8 Å². The SMILES string of the molecule is COC(=O)Cc1csc(N(C(=O)COC(C)C)N(C)C)n1. The average molecular weight is 315 g/mol. The Morgan fingerprint density at radius 2 is 2.05 bits per heavy atom. The molecule has 0 saturated carbocycles. The van der Waals surface area contributed by atoms with Gasteiger partial charge in [-0.2, -0.15) is 0 Å². The van der Waals surface area contributed by atoms with Crippen LogP contribution in [0.1, 0.15) is 19.5 Å². The smallest absolute Gasteiger partial charge is 0.311 e. The molecule has 0 aromatic carbocycles. The number of thiazole rings is 1. The van der Waals surface area contributed by atoms with Gasteiger partial charge in [-0.3, -0.25) is 9.59 Å². The summed E-state index contributed by atoms with van der Waals surface area (Å²) in [4.78, 5) is 27.7. The van der Waals surface area contributed by atoms with Crippen molar-refractivity contribution in [3.05, 3.63) is 11.1 Å². The standard InChI is InChI=1S/C13H21N3O4S/c1-9(2)20-7-11(17)16(15(3)4)13-14-10(8-21-13)6-12(18)19-5/h8-9H,6-7H2,1-5H3. The summed E-state index contributed by atoms with van der Waals surface area (Å²) >= 11 is 1.29. The Kier molecular flexibility index (Phi) is 6.73. The van der Waals surface area contributed by atoms with Gasteiger partial charge in [0.05, 0.1) is 25.3 Å². The fraction of sp³-hybridized carbons (Fsp3) is 0.615. The highest BCUT2D eigenvalue weighted by molar-refractivity contribution is 7.14. The van der Waals surface area contributed by atoms with Gasteiger partial charge in [-0.1, -0.05) is 0 Å². The van der Waals surface area contributed by atoms with Crippen molar-refractivity contribution in [1.29, 1.82) is 0 Å². The molecule has 0 N–H and O–H groups in total. The lowest BCUT2D eigenvalue weighted by Gasteiger charge is -2.26. The van der Waals surface area contributed by atoms with E-state index in [0.717, 1.165) is 0 Å². The van der Waals surface area contributed by atoms with Gasteiger partial charge in [-0.15, -0.1) is 11.3 Å². The van der Waals surface area contributed by atoms with E-state index in [9.17, 15) is 9.59 Å². The van der Waals surface area contributed by atoms with E-state index in [1.54, 1.807) is 24.5 Å². The van der Waals surface area contributed by atoms with Gasteiger partial charge in [0, 0.05) is 19.5 Å². The number of anilines is 1. The van der Waals surface area contributed by atoms with Gasteiger partial charge in [0.1, 0.15) is 6.61 Å². The predicted octanol–water partition coefficient (Wildman–Crippen LogP) is 1.09. The molecule has 0 atom stereocenters. The largest absolute Gasteiger partial charge is 0.469 e. The first kappa shape index (κ1) is 17.5. The van der Waals surface area contributed by atoms with Gasteiger partial charge in [-0.05, 0) is 13.8 Å². The van der Waals surface area contributed by atoms with Crippen LogP contribution < -0.4 is 5.01 Å². The van der Waals surface area contributed by atoms with Gasteiger partial charge in [-0.25, -0.2) is 15.0 Å². The molecule has 118 valence electrons. The van der Waals surface area contributed by atoms with Gasteiger partial charge in [0.25, 0.3) is 5.91 Å². The molecule has 0 fully saturated rings. The first-order valence-electron chi connectivity index (χ1n) is 6.48. The third-order valence-corrected chi connectivity index (χ3v) is 3.32. The molecule has 0 spiro atoms. The van der Waals surface area contributed by atoms with Crippen LogP contribution in [-0.4, -0.2) is 55.8 Å². The molecular formula is C13H21N3O4S. The van der Waals surface area contributed by atoms with Crippen LogP contribution in [0.2, 0.25) is 0 Å². The van der Waals surface area contributed by atoms with Crippen molar-refractivity contribution >= 4 is 28.3 Å². The molecule has 0 aliphatic rings. The minimum atomic E-state index is -0.363. The number of rotatable bonds is 7. The molecule has 0 unspecified atom stereocenters. The van der Waals surface area contributed by atoms with Crippen molar-refractivity contribution in [3.8, 4) is 0 Å². The maximum Gasteiger partial charge on any atom is 0.311 e. The van der Waals surface area contributed by atoms with E-state index in [-0.39, 0.29) is 31.0 Å². The van der Waals surface area contributed by atoms with Crippen molar-refractivity contribution in [2.45, 2.75) is 26.4 Å². The molecule has 0 saturated heterocycles. The summed E-state index contributed by atoms with van der Waals surface area (Å²) in [6.07, 6.45) is 0.0643. The number of nitrogens with zero attached hydrogens (tertiary/aromatic N) is 3. The number of hydrazine groups is 1. The average Bonchev–Trinajstić information content (AvgIpc) is 2.84. The van der Waals surface area contributed by atoms with Crippen LogP contribution in [0.25, 0.3) is 0 Å². The quantitative estimate of drug-likeness (QED) is 0.554. The van der Waals surface area contributed by atoms with Crippen LogP contribution in [0.15, 0.2) is 5.38 Å². The third-order valence-electron chi connectivity index (χ3n) is 2.45. The summed E-state index contributed by atoms with van der Waals surface area (Å²) in [6.45, 7) is 3.71. The van der Waals surface area contributed by atoms with E-state index < -0.39 is 0 Å². The number of carbonyl (C=O) groups excluding carboxylic acids is 2. The van der Waals surface area contributed by atoms with Crippen LogP contribution in [0.3, 0.4) is 0 Å². The van der Waals surface area contributed by atoms with Crippen LogP contribution in [0, 0.1) is 0 Å². The number of amides is 1. The molecule has 7 nitrogen and oxygen atoms in total. The highest BCUT2D eigenvalue weighted by Crippen LogP contribution is 2.22. The molecule has 1 aromatic rings. The van der Waals surface area contributed by atoms with Gasteiger partial charge in [0.15, 0.2) is 0 Å². The van der Waals surface area contributed by atoms with Crippen LogP contribution in [0.5, 0.6) is 0 Å². The third kappa shape index (κ3) is 5.41. The van der Waals surface area contributed by atoms with E-state index in [4.69, 9.17) is 4.74 Å². The fourth-order valence-corrected chi connectivity index (χ4v) is 2.41. The highest BCUT2D eigenvalue weighted by atomic mass is 32.1. The number of methoxy groups -OCH3 is 1. The monoisotopic (exact) mass is 315 g/mol. The second kappa shape index (κ2) is 8.06. The lowest BCUT2D eigenvalue weighted by Crippen LogP contribution is -2.44. The Bertz CT molecular complexity index is 488. The molecule has 1 amide bonds. The van der Waals surface area contributed by atoms with Gasteiger partial charge < -0.3 is 9.47 Å². The van der Waals surface area contributed by atoms with Gasteiger partial charge in [0.2, 0.25) is 5.13 Å². The maximum absolute atomic E-state index is 12.2. The summed E-state index contributed by atoms with van der Waals surface area (Å²) in [6, 6.07) is 0. The number of hydrogen-bond acceptors (Lipinski definition) is 7. The number of esters is 1. The Morgan fingerprint density at radius 1 is 1.38 bits per heavy atom. The Hall–Kier alpha value is -1.51. The molecule has 0 aliphatic carbocycles. The first-order chi connectivity index (χ1) is 9.85. The molecule has 0 radical (unpaired) electrons. The van der Waals surface area contributed by atoms with E-state index in [2.05, 4.69) is 9.72 Å². The Morgan fingerprint density at radius 3 is 2.57 bits per heavy atom. The van der Waals surface area contributed by atoms with Crippen molar-refractivity contribution in [3.63, 3.8) is 0 Å². The van der Waals surface area contributed by atoms with E-state index in [1.165, 1.54) is 23.5 Å². The molecule has 8 heteroatoms. The Labute approximate surface area is 128 Å². The second-order valence-electron chi connectivity index (χ2n) is 4.79. The summed E-state index contributed by atoms with van der Waals surface area (Å²) in [7, 11) is 4.82. The highest BCUT2D eigenvalue weighted by Gasteiger charge is 2.22. The topological polar surface area (TPSA) is 72.0 Å². The van der Waals surface area contributed by atoms with Crippen molar-refractivity contribution in [1.82, 2.24) is 9.99 Å². The second-order valence-corrected chi connectivity index (χ2v) is 5.62. The molecule has 21 heavy (non-hydrogen) atoms. The van der Waals surface area contributed by atoms with Crippen LogP contribution >= 0.6 is 11.3 Å². The number of hydrogen-bond donors (Lipinski definition) is 0. The van der Waals surface area contributed by atoms with Crippen molar-refractivity contribution < 1.29 is 19.1 Å². The molecule has 1 aromatic heterocycles. The van der Waals surface area contributed by atoms with E-state index in [1.807, 2.05) is 13.8 Å². The molecular weight excluding hydrogens is 294 g/mol. The zero-order valence-electron chi connectivity index (χ0n) is 13.0. The molecule has 1 heterocycles. The maximum atomic E-state index is 12.2. The minimum Gasteiger partial charge on any atom is -0.469 e. The predicted molar refractivity (Wildman–Crippen MR) is 80.1 cm³/mol. The number of aromatic nitrogens is 1. The van der Waals surface area contributed by atoms with Crippen LogP contribution in [0.4, 0.5) is 5.13 Å². The van der Waals surface area contributed by atoms with E-state index in [0.29, 0.717) is 10.8 Å². The first-order valence-corrected chi connectivity index (χ1v) is 7.36. The summed E-state index contributed by atoms with van der Waals surface area (Å²) < 4.78 is 9.93. The number of carbonyl (C=O) groups is 2. The summed E-state index contributed by atoms with van der Waals surface area (Å²) in [5.74, 6) is -0.578. The normalized spacial score (nSPS) is 11.0.